The van der Waals surface area contributed by atoms with Gasteiger partial charge in [-0.15, -0.1) is 0 Å². The van der Waals surface area contributed by atoms with Gasteiger partial charge in [-0.25, -0.2) is 19.3 Å². The molecule has 180 valence electrons. The van der Waals surface area contributed by atoms with Crippen molar-refractivity contribution in [3.8, 4) is 0 Å². The minimum Gasteiger partial charge on any atom is -0.790 e. The first-order valence-corrected chi connectivity index (χ1v) is 12.7. The van der Waals surface area contributed by atoms with Crippen LogP contribution in [0.1, 0.15) is 6.23 Å². The number of aliphatic hydroxyl groups is 2. The molecule has 0 radical (unpaired) electrons. The Labute approximate surface area is 295 Å². The van der Waals surface area contributed by atoms with E-state index >= 15 is 0 Å². The molecule has 3 rings (SSSR count). The van der Waals surface area contributed by atoms with Crippen LogP contribution in [-0.2, 0) is 31.6 Å². The van der Waals surface area contributed by atoms with Crippen LogP contribution in [0, 0.1) is 0 Å². The molecule has 1 aliphatic rings. The fourth-order valence-corrected chi connectivity index (χ4v) is 5.78. The van der Waals surface area contributed by atoms with Crippen molar-refractivity contribution >= 4 is 52.1 Å². The second-order valence-electron chi connectivity index (χ2n) is 6.03. The number of halogens is 1. The summed E-state index contributed by atoms with van der Waals surface area (Å²) in [6, 6.07) is 0. The third kappa shape index (κ3) is 10.6. The maximum atomic E-state index is 11.6. The molecule has 0 amide bonds. The van der Waals surface area contributed by atoms with E-state index in [0.717, 1.165) is 10.9 Å². The third-order valence-electron chi connectivity index (χ3n) is 3.85. The van der Waals surface area contributed by atoms with Gasteiger partial charge in [0, 0.05) is 0 Å². The summed E-state index contributed by atoms with van der Waals surface area (Å²) in [5.74, 6) is -0.0574. The number of hydrogen-bond donors (Lipinski definition) is 3. The molecule has 1 saturated heterocycles. The molecule has 0 spiro atoms. The van der Waals surface area contributed by atoms with E-state index in [1.807, 2.05) is 0 Å². The number of nitrogens with two attached hydrogens (primary N) is 1. The summed E-state index contributed by atoms with van der Waals surface area (Å²) in [5.41, 5.74) is 5.70. The van der Waals surface area contributed by atoms with E-state index < -0.39 is 54.6 Å². The minimum absolute atomic E-state index is 0. The molecule has 0 aliphatic carbocycles. The van der Waals surface area contributed by atoms with E-state index in [-0.39, 0.29) is 140 Å². The zero-order chi connectivity index (χ0) is 24.1. The van der Waals surface area contributed by atoms with Crippen LogP contribution < -0.4 is 144 Å². The van der Waals surface area contributed by atoms with Crippen molar-refractivity contribution < 1.29 is 180 Å². The van der Waals surface area contributed by atoms with E-state index in [1.54, 1.807) is 0 Å². The summed E-state index contributed by atoms with van der Waals surface area (Å²) < 4.78 is 50.1. The number of nitrogen functional groups attached to an aromatic ring is 1. The van der Waals surface area contributed by atoms with Crippen LogP contribution in [0.15, 0.2) is 6.33 Å². The molecule has 2 unspecified atom stereocenters. The summed E-state index contributed by atoms with van der Waals surface area (Å²) in [6.07, 6.45) is -5.56. The predicted octanol–water partition coefficient (Wildman–Crippen LogP) is -15.5. The number of aliphatic hydroxyl groups excluding tert-OH is 2. The molecule has 18 nitrogen and oxygen atoms in total. The van der Waals surface area contributed by atoms with Crippen LogP contribution in [-0.4, -0.2) is 54.7 Å². The maximum absolute atomic E-state index is 11.6. The van der Waals surface area contributed by atoms with Gasteiger partial charge in [0.05, 0.1) is 14.4 Å². The molecule has 4 N–H and O–H groups in total. The van der Waals surface area contributed by atoms with Gasteiger partial charge in [-0.3, -0.25) is 18.0 Å². The zero-order valence-electron chi connectivity index (χ0n) is 19.1. The van der Waals surface area contributed by atoms with Gasteiger partial charge in [-0.2, -0.15) is 0 Å². The van der Waals surface area contributed by atoms with Gasteiger partial charge in [-0.05, 0) is 11.6 Å². The quantitative estimate of drug-likeness (QED) is 0.139. The van der Waals surface area contributed by atoms with Crippen LogP contribution in [0.3, 0.4) is 0 Å². The molecule has 36 heavy (non-hydrogen) atoms. The van der Waals surface area contributed by atoms with Gasteiger partial charge in [-0.1, -0.05) is 0 Å². The second kappa shape index (κ2) is 16.0. The molecular formula is C10H11ClN5Na4O13P3. The maximum Gasteiger partial charge on any atom is 1.00 e. The topological polar surface area (TPSA) is 290 Å². The van der Waals surface area contributed by atoms with Crippen LogP contribution >= 0.6 is 35.1 Å². The van der Waals surface area contributed by atoms with Gasteiger partial charge >= 0.3 is 118 Å². The number of aromatic nitrogens is 4. The smallest absolute Gasteiger partial charge is 0.790 e. The van der Waals surface area contributed by atoms with Crippen LogP contribution in [0.25, 0.3) is 11.2 Å². The average Bonchev–Trinajstić information content (AvgIpc) is 3.08. The van der Waals surface area contributed by atoms with Crippen molar-refractivity contribution in [2.45, 2.75) is 24.5 Å². The first kappa shape index (κ1) is 41.1. The first-order chi connectivity index (χ1) is 14.6. The number of phosphoric acid groups is 3. The first-order valence-electron chi connectivity index (χ1n) is 7.97. The summed E-state index contributed by atoms with van der Waals surface area (Å²) in [7, 11) is -18.2. The van der Waals surface area contributed by atoms with Crippen molar-refractivity contribution in [1.82, 2.24) is 19.5 Å². The molecule has 2 aromatic heterocycles. The zero-order valence-corrected chi connectivity index (χ0v) is 30.5. The Balaban J connectivity index is 0. The summed E-state index contributed by atoms with van der Waals surface area (Å²) in [5, 5.41) is 20.1. The summed E-state index contributed by atoms with van der Waals surface area (Å²) in [6.45, 7) is -1.12. The molecular weight excluding hydrogens is 618 g/mol. The Bertz CT molecular complexity index is 1170. The number of ether oxygens (including phenoxy) is 1. The van der Waals surface area contributed by atoms with Crippen molar-refractivity contribution in [2.24, 2.45) is 0 Å². The van der Waals surface area contributed by atoms with Crippen LogP contribution in [0.5, 0.6) is 0 Å². The van der Waals surface area contributed by atoms with Crippen molar-refractivity contribution in [3.63, 3.8) is 0 Å². The predicted molar refractivity (Wildman–Crippen MR) is 91.6 cm³/mol. The van der Waals surface area contributed by atoms with E-state index in [4.69, 9.17) is 22.1 Å². The standard InChI is InChI=1S/C10H15ClN5O13P3.4Na/c11-10-15-4-7(12)13-2-14-8(4)16(10)9-6(18)5(17)3(27-9)1-26-31(22,23)29-32(24,25)28-30(19,20)21;;;;/h2-3,5-6,9,17-18H,1H2,(H,22,23)(H,24,25)(H2,12,13,14)(H2,19,20,21);;;;/q;4*+1/p-4/t3-,5-,6-,9-;;;;/m1..../s1. The number of phosphoric ester groups is 1. The van der Waals surface area contributed by atoms with Gasteiger partial charge < -0.3 is 49.3 Å². The molecule has 0 aromatic carbocycles. The summed E-state index contributed by atoms with van der Waals surface area (Å²) >= 11 is 6.01. The number of fused-ring (bicyclic) bond motifs is 1. The SMILES string of the molecule is Nc1ncnc2c1nc(Cl)n2[C@@H]1O[C@H](COP(=O)([O-])OP(=O)([O-])OP(=O)([O-])[O-])[C@@H](O)[C@H]1O.[Na+].[Na+].[Na+].[Na+]. The third-order valence-corrected chi connectivity index (χ3v) is 7.78. The van der Waals surface area contributed by atoms with Crippen LogP contribution in [0.2, 0.25) is 5.28 Å². The Morgan fingerprint density at radius 2 is 1.61 bits per heavy atom. The fourth-order valence-electron chi connectivity index (χ4n) is 2.65. The number of nitrogens with zero attached hydrogens (tertiary/aromatic N) is 4. The number of hydrogen-bond acceptors (Lipinski definition) is 17. The Morgan fingerprint density at radius 3 is 2.17 bits per heavy atom. The second-order valence-corrected chi connectivity index (χ2v) is 10.6. The van der Waals surface area contributed by atoms with Crippen molar-refractivity contribution in [3.05, 3.63) is 11.6 Å². The van der Waals surface area contributed by atoms with Gasteiger partial charge in [0.25, 0.3) is 15.6 Å². The normalized spacial score (nSPS) is 24.9. The Kier molecular flexibility index (Phi) is 18.2. The number of imidazole rings is 1. The molecule has 3 heterocycles. The average molecular weight is 630 g/mol. The van der Waals surface area contributed by atoms with Crippen molar-refractivity contribution in [2.75, 3.05) is 12.3 Å². The molecule has 0 bridgehead atoms. The van der Waals surface area contributed by atoms with E-state index in [0.29, 0.717) is 0 Å². The monoisotopic (exact) mass is 629 g/mol. The molecule has 2 aromatic rings. The van der Waals surface area contributed by atoms with Crippen molar-refractivity contribution in [1.29, 1.82) is 0 Å². The molecule has 26 heteroatoms. The molecule has 1 aliphatic heterocycles. The Hall–Kier alpha value is 2.93. The number of anilines is 1. The molecule has 6 atom stereocenters. The van der Waals surface area contributed by atoms with E-state index in [9.17, 15) is 43.5 Å². The van der Waals surface area contributed by atoms with Gasteiger partial charge in [0.1, 0.15) is 24.6 Å². The number of rotatable bonds is 8. The largest absolute Gasteiger partial charge is 1.00 e. The van der Waals surface area contributed by atoms with E-state index in [2.05, 4.69) is 28.1 Å². The van der Waals surface area contributed by atoms with Gasteiger partial charge in [0.15, 0.2) is 23.2 Å². The molecule has 0 saturated carbocycles. The Morgan fingerprint density at radius 1 is 1.03 bits per heavy atom. The summed E-state index contributed by atoms with van der Waals surface area (Å²) in [4.78, 5) is 54.9. The molecule has 1 fully saturated rings. The van der Waals surface area contributed by atoms with E-state index in [1.165, 1.54) is 0 Å². The minimum atomic E-state index is -6.16. The van der Waals surface area contributed by atoms with Gasteiger partial charge in [0.2, 0.25) is 5.28 Å². The fraction of sp³-hybridized carbons (Fsp3) is 0.500. The van der Waals surface area contributed by atoms with Crippen LogP contribution in [0.4, 0.5) is 5.82 Å².